The summed E-state index contributed by atoms with van der Waals surface area (Å²) in [5.41, 5.74) is 0. The van der Waals surface area contributed by atoms with Crippen molar-refractivity contribution in [2.75, 3.05) is 47.5 Å². The molecule has 2 atom stereocenters. The van der Waals surface area contributed by atoms with Gasteiger partial charge in [-0.25, -0.2) is 0 Å². The van der Waals surface area contributed by atoms with Gasteiger partial charge in [-0.3, -0.25) is 9.59 Å². The SMILES string of the molecule is CC/C=C\C/C=C\C/C=C\C/C=C\C/C=C\C/C=C\C/C=C\C/C=C\C/C=C\CCCCCCCC(=O)OC(COC(=O)CCCCCC/C=C\C/C=C\C/C=C\C/C=C\C/C=C\C/C=C\C/C=C\C/C=C\CC)COC(OCC[N+](C)(C)C)C(=O)[O-]. The topological polar surface area (TPSA) is 111 Å². The molecule has 0 aliphatic rings. The Morgan fingerprint density at radius 2 is 0.621 bits per heavy atom. The van der Waals surface area contributed by atoms with E-state index in [-0.39, 0.29) is 32.7 Å². The van der Waals surface area contributed by atoms with E-state index >= 15 is 0 Å². The summed E-state index contributed by atoms with van der Waals surface area (Å²) in [6.45, 7) is 4.43. The van der Waals surface area contributed by atoms with Crippen LogP contribution in [-0.4, -0.2) is 82.3 Å². The van der Waals surface area contributed by atoms with Crippen LogP contribution in [0.25, 0.3) is 0 Å². The fourth-order valence-electron chi connectivity index (χ4n) is 8.01. The van der Waals surface area contributed by atoms with E-state index in [1.807, 2.05) is 21.1 Å². The van der Waals surface area contributed by atoms with Gasteiger partial charge in [0.05, 0.1) is 40.3 Å². The molecule has 0 bridgehead atoms. The van der Waals surface area contributed by atoms with Gasteiger partial charge in [0.15, 0.2) is 12.4 Å². The number of unbranched alkanes of at least 4 members (excludes halogenated alkanes) is 9. The first kappa shape index (κ1) is 80.9. The maximum absolute atomic E-state index is 12.9. The van der Waals surface area contributed by atoms with Gasteiger partial charge in [-0.05, 0) is 148 Å². The smallest absolute Gasteiger partial charge is 0.306 e. The highest BCUT2D eigenvalue weighted by Crippen LogP contribution is 2.13. The van der Waals surface area contributed by atoms with E-state index in [0.717, 1.165) is 167 Å². The third kappa shape index (κ3) is 67.2. The second-order valence-electron chi connectivity index (χ2n) is 22.3. The molecule has 0 amide bonds. The summed E-state index contributed by atoms with van der Waals surface area (Å²) in [6, 6.07) is 0. The Balaban J connectivity index is 4.36. The lowest BCUT2D eigenvalue weighted by atomic mass is 10.1. The molecule has 0 spiro atoms. The number of quaternary nitrogens is 1. The third-order valence-corrected chi connectivity index (χ3v) is 13.0. The maximum Gasteiger partial charge on any atom is 0.306 e. The first-order chi connectivity index (χ1) is 42.6. The van der Waals surface area contributed by atoms with Crippen molar-refractivity contribution in [3.63, 3.8) is 0 Å². The van der Waals surface area contributed by atoms with Crippen LogP contribution in [0.2, 0.25) is 0 Å². The molecule has 87 heavy (non-hydrogen) atoms. The zero-order valence-electron chi connectivity index (χ0n) is 55.0. The molecule has 0 aliphatic carbocycles. The van der Waals surface area contributed by atoms with Crippen molar-refractivity contribution >= 4 is 17.9 Å². The number of likely N-dealkylation sites (N-methyl/N-ethyl adjacent to an activating group) is 1. The molecule has 0 rings (SSSR count). The summed E-state index contributed by atoms with van der Waals surface area (Å²) >= 11 is 0. The molecule has 0 fully saturated rings. The lowest BCUT2D eigenvalue weighted by molar-refractivity contribution is -0.870. The number of carboxylic acid groups (broad SMARTS) is 1. The first-order valence-corrected chi connectivity index (χ1v) is 33.2. The molecule has 0 saturated heterocycles. The molecule has 0 aliphatic heterocycles. The number of rotatable bonds is 58. The predicted molar refractivity (Wildman–Crippen MR) is 370 cm³/mol. The average Bonchev–Trinajstić information content (AvgIpc) is 3.59. The summed E-state index contributed by atoms with van der Waals surface area (Å²) in [5, 5.41) is 11.8. The fourth-order valence-corrected chi connectivity index (χ4v) is 8.01. The lowest BCUT2D eigenvalue weighted by Crippen LogP contribution is -2.44. The van der Waals surface area contributed by atoms with Gasteiger partial charge in [0, 0.05) is 12.8 Å². The Morgan fingerprint density at radius 3 is 0.920 bits per heavy atom. The van der Waals surface area contributed by atoms with Crippen molar-refractivity contribution in [2.45, 2.75) is 219 Å². The molecule has 0 radical (unpaired) electrons. The molecule has 0 heterocycles. The Hall–Kier alpha value is -6.13. The summed E-state index contributed by atoms with van der Waals surface area (Å²) in [5.74, 6) is -2.37. The van der Waals surface area contributed by atoms with Gasteiger partial charge in [0.1, 0.15) is 13.2 Å². The number of carbonyl (C=O) groups is 3. The second kappa shape index (κ2) is 65.8. The van der Waals surface area contributed by atoms with Gasteiger partial charge >= 0.3 is 11.9 Å². The van der Waals surface area contributed by atoms with Crippen molar-refractivity contribution in [2.24, 2.45) is 0 Å². The number of ether oxygens (including phenoxy) is 4. The van der Waals surface area contributed by atoms with Gasteiger partial charge in [0.2, 0.25) is 0 Å². The Labute approximate surface area is 531 Å². The third-order valence-electron chi connectivity index (χ3n) is 13.0. The molecule has 0 aromatic rings. The summed E-state index contributed by atoms with van der Waals surface area (Å²) in [6.07, 6.45) is 100. The van der Waals surface area contributed by atoms with Crippen LogP contribution in [0.15, 0.2) is 207 Å². The van der Waals surface area contributed by atoms with Crippen molar-refractivity contribution in [1.29, 1.82) is 0 Å². The minimum absolute atomic E-state index is 0.126. The quantitative estimate of drug-likeness (QED) is 0.0195. The van der Waals surface area contributed by atoms with Gasteiger partial charge in [-0.2, -0.15) is 0 Å². The average molecular weight is 1200 g/mol. The molecular weight excluding hydrogens is 1080 g/mol. The molecule has 9 heteroatoms. The molecule has 9 nitrogen and oxygen atoms in total. The molecule has 0 saturated carbocycles. The summed E-state index contributed by atoms with van der Waals surface area (Å²) in [7, 11) is 5.89. The second-order valence-corrected chi connectivity index (χ2v) is 22.3. The van der Waals surface area contributed by atoms with Crippen LogP contribution in [0, 0.1) is 0 Å². The Morgan fingerprint density at radius 1 is 0.345 bits per heavy atom. The standard InChI is InChI=1S/C78H119NO8/c1-6-8-10-12-14-16-18-20-22-24-26-28-30-32-34-36-37-38-39-41-43-45-47-49-51-53-55-57-59-61-63-65-67-69-76(81)87-74(73-86-78(77(82)83)84-71-70-79(3,4)5)72-85-75(80)68-66-64-62-60-58-56-54-52-50-48-46-44-42-40-35-33-31-29-27-25-23-21-19-17-15-13-11-9-7-2/h8-11,14-17,20-23,26-29,32-35,37-38,41-44,47-50,53-56,74,78H,6-7,12-13,18-19,24-25,30-31,36,39-40,45-46,51-52,57-73H2,1-5H3/b10-8-,11-9-,16-14-,17-15-,22-20-,23-21-,28-26-,29-27-,34-32-,35-33-,38-37-,43-41-,44-42-,49-47-,50-48-,55-53-,56-54-. The van der Waals surface area contributed by atoms with Crippen LogP contribution in [0.5, 0.6) is 0 Å². The molecule has 484 valence electrons. The minimum Gasteiger partial charge on any atom is -0.545 e. The number of carbonyl (C=O) groups excluding carboxylic acids is 3. The Bertz CT molecular complexity index is 2180. The number of esters is 2. The van der Waals surface area contributed by atoms with Crippen molar-refractivity contribution in [1.82, 2.24) is 0 Å². The highest BCUT2D eigenvalue weighted by atomic mass is 16.7. The van der Waals surface area contributed by atoms with Crippen LogP contribution in [-0.2, 0) is 33.3 Å². The lowest BCUT2D eigenvalue weighted by Gasteiger charge is -2.26. The Kier molecular flexibility index (Phi) is 61.2. The van der Waals surface area contributed by atoms with Crippen molar-refractivity contribution in [3.05, 3.63) is 207 Å². The number of hydrogen-bond donors (Lipinski definition) is 0. The number of aliphatic carboxylic acids is 1. The van der Waals surface area contributed by atoms with E-state index in [1.54, 1.807) is 0 Å². The van der Waals surface area contributed by atoms with E-state index in [4.69, 9.17) is 18.9 Å². The monoisotopic (exact) mass is 1200 g/mol. The molecular formula is C78H119NO8. The highest BCUT2D eigenvalue weighted by Gasteiger charge is 2.22. The van der Waals surface area contributed by atoms with Crippen LogP contribution in [0.4, 0.5) is 0 Å². The number of allylic oxidation sites excluding steroid dienone is 34. The van der Waals surface area contributed by atoms with Crippen molar-refractivity contribution < 1.29 is 42.9 Å². The van der Waals surface area contributed by atoms with E-state index < -0.39 is 30.3 Å². The van der Waals surface area contributed by atoms with Crippen LogP contribution < -0.4 is 5.11 Å². The number of nitrogens with zero attached hydrogens (tertiary/aromatic N) is 1. The molecule has 0 aromatic carbocycles. The molecule has 0 aromatic heterocycles. The zero-order chi connectivity index (χ0) is 63.3. The van der Waals surface area contributed by atoms with Crippen LogP contribution >= 0.6 is 0 Å². The van der Waals surface area contributed by atoms with Gasteiger partial charge < -0.3 is 33.3 Å². The van der Waals surface area contributed by atoms with Crippen molar-refractivity contribution in [3.8, 4) is 0 Å². The summed E-state index contributed by atoms with van der Waals surface area (Å²) in [4.78, 5) is 37.4. The zero-order valence-corrected chi connectivity index (χ0v) is 55.0. The minimum atomic E-state index is -1.65. The number of hydrogen-bond acceptors (Lipinski definition) is 8. The largest absolute Gasteiger partial charge is 0.545 e. The van der Waals surface area contributed by atoms with E-state index in [0.29, 0.717) is 23.9 Å². The van der Waals surface area contributed by atoms with Gasteiger partial charge in [-0.15, -0.1) is 0 Å². The maximum atomic E-state index is 12.9. The highest BCUT2D eigenvalue weighted by molar-refractivity contribution is 5.70. The van der Waals surface area contributed by atoms with Gasteiger partial charge in [0.25, 0.3) is 0 Å². The summed E-state index contributed by atoms with van der Waals surface area (Å²) < 4.78 is 22.7. The first-order valence-electron chi connectivity index (χ1n) is 33.2. The molecule has 0 N–H and O–H groups in total. The van der Waals surface area contributed by atoms with Crippen LogP contribution in [0.1, 0.15) is 206 Å². The van der Waals surface area contributed by atoms with E-state index in [9.17, 15) is 19.5 Å². The van der Waals surface area contributed by atoms with E-state index in [2.05, 4.69) is 220 Å². The predicted octanol–water partition coefficient (Wildman–Crippen LogP) is 19.5. The van der Waals surface area contributed by atoms with Crippen LogP contribution in [0.3, 0.4) is 0 Å². The number of carboxylic acids is 1. The van der Waals surface area contributed by atoms with Gasteiger partial charge in [-0.1, -0.05) is 253 Å². The fraction of sp³-hybridized carbons (Fsp3) is 0.526. The van der Waals surface area contributed by atoms with E-state index in [1.165, 1.54) is 0 Å². The normalized spacial score (nSPS) is 14.1. The molecule has 2 unspecified atom stereocenters.